The Bertz CT molecular complexity index is 2620. The lowest BCUT2D eigenvalue weighted by molar-refractivity contribution is -0.141. The Hall–Kier alpha value is -5.00. The quantitative estimate of drug-likeness (QED) is 0.133. The Labute approximate surface area is 389 Å². The number of thiazole rings is 1. The van der Waals surface area contributed by atoms with Crippen molar-refractivity contribution in [1.82, 2.24) is 34.8 Å². The predicted octanol–water partition coefficient (Wildman–Crippen LogP) is 7.62. The largest absolute Gasteiger partial charge is 0.459 e. The number of hydrogen-bond acceptors (Lipinski definition) is 11. The van der Waals surface area contributed by atoms with Crippen molar-refractivity contribution in [3.8, 4) is 16.6 Å². The second-order valence-electron chi connectivity index (χ2n) is 19.4. The second-order valence-corrected chi connectivity index (χ2v) is 22.9. The highest BCUT2D eigenvalue weighted by Crippen LogP contribution is 2.48. The van der Waals surface area contributed by atoms with Crippen molar-refractivity contribution >= 4 is 67.8 Å². The molecule has 2 aromatic heterocycles. The van der Waals surface area contributed by atoms with Crippen LogP contribution in [0.4, 0.5) is 4.79 Å². The molecular weight excluding hydrogens is 890 g/mol. The number of nitrogens with zero attached hydrogens (tertiary/aromatic N) is 4. The Morgan fingerprint density at radius 1 is 1.06 bits per heavy atom. The number of nitrogens with one attached hydrogen (secondary N) is 3. The molecule has 348 valence electrons. The molecule has 2 saturated carbocycles. The first-order valence-electron chi connectivity index (χ1n) is 22.5. The second kappa shape index (κ2) is 18.0. The summed E-state index contributed by atoms with van der Waals surface area (Å²) in [6.45, 7) is 10.8. The van der Waals surface area contributed by atoms with E-state index in [-0.39, 0.29) is 25.4 Å². The van der Waals surface area contributed by atoms with Gasteiger partial charge >= 0.3 is 6.09 Å². The molecular formula is C47H58ClN7O8S2. The van der Waals surface area contributed by atoms with Crippen LogP contribution in [0.5, 0.6) is 6.01 Å². The van der Waals surface area contributed by atoms with Crippen LogP contribution in [0, 0.1) is 5.92 Å². The van der Waals surface area contributed by atoms with Crippen LogP contribution in [-0.2, 0) is 35.6 Å². The lowest BCUT2D eigenvalue weighted by Crippen LogP contribution is -2.58. The third-order valence-electron chi connectivity index (χ3n) is 12.7. The van der Waals surface area contributed by atoms with Crippen LogP contribution < -0.4 is 20.1 Å². The van der Waals surface area contributed by atoms with E-state index in [4.69, 9.17) is 31.0 Å². The van der Waals surface area contributed by atoms with Crippen LogP contribution in [0.15, 0.2) is 60.0 Å². The minimum absolute atomic E-state index is 0.0278. The van der Waals surface area contributed by atoms with Gasteiger partial charge in [-0.3, -0.25) is 23.7 Å². The molecule has 0 bridgehead atoms. The number of aromatic nitrogens is 3. The van der Waals surface area contributed by atoms with Gasteiger partial charge in [-0.1, -0.05) is 54.8 Å². The van der Waals surface area contributed by atoms with Crippen LogP contribution >= 0.6 is 22.9 Å². The Morgan fingerprint density at radius 3 is 2.52 bits per heavy atom. The minimum Gasteiger partial charge on any atom is -0.459 e. The van der Waals surface area contributed by atoms with E-state index in [0.29, 0.717) is 55.1 Å². The fraction of sp³-hybridized carbons (Fsp3) is 0.532. The number of para-hydroxylation sites is 1. The van der Waals surface area contributed by atoms with Crippen molar-refractivity contribution in [3.05, 3.63) is 76.3 Å². The van der Waals surface area contributed by atoms with E-state index in [9.17, 15) is 27.6 Å². The third-order valence-corrected chi connectivity index (χ3v) is 16.1. The van der Waals surface area contributed by atoms with E-state index in [2.05, 4.69) is 15.4 Å². The molecule has 0 spiro atoms. The van der Waals surface area contributed by atoms with Gasteiger partial charge in [-0.05, 0) is 110 Å². The van der Waals surface area contributed by atoms with Gasteiger partial charge in [-0.15, -0.1) is 11.3 Å². The highest BCUT2D eigenvalue weighted by molar-refractivity contribution is 7.91. The fourth-order valence-electron chi connectivity index (χ4n) is 8.72. The topological polar surface area (TPSA) is 191 Å². The molecule has 3 fully saturated rings. The van der Waals surface area contributed by atoms with Crippen LogP contribution in [-0.4, -0.2) is 92.3 Å². The SMILES string of the molecule is CC(C)n1c(O[C@@H]2C[C@H]3C(=O)N[C@]4(C(=O)NS(=O)(=O)C5(C)CC5)C[C@H]4/C=C\CCCCC[C@H](NC(=O)OC(C)(C)C)C(=O)N3C2)nc2c(-c3nc(Cc4ccc(Cl)cc4)cs3)cccc21. The molecule has 4 heterocycles. The van der Waals surface area contributed by atoms with Crippen molar-refractivity contribution in [2.75, 3.05) is 6.54 Å². The van der Waals surface area contributed by atoms with Gasteiger partial charge < -0.3 is 25.0 Å². The Morgan fingerprint density at radius 2 is 1.82 bits per heavy atom. The highest BCUT2D eigenvalue weighted by Gasteiger charge is 2.63. The average Bonchev–Trinajstić information content (AvgIpc) is 3.92. The van der Waals surface area contributed by atoms with E-state index < -0.39 is 73.8 Å². The molecule has 0 radical (unpaired) electrons. The first-order chi connectivity index (χ1) is 30.8. The number of allylic oxidation sites excluding steroid dienone is 1. The summed E-state index contributed by atoms with van der Waals surface area (Å²) in [6.07, 6.45) is 7.17. The monoisotopic (exact) mass is 947 g/mol. The summed E-state index contributed by atoms with van der Waals surface area (Å²) in [5, 5.41) is 9.21. The Kier molecular flexibility index (Phi) is 12.9. The molecule has 2 aromatic carbocycles. The predicted molar refractivity (Wildman–Crippen MR) is 249 cm³/mol. The minimum atomic E-state index is -4.02. The molecule has 2 aliphatic heterocycles. The molecule has 4 aliphatic rings. The third kappa shape index (κ3) is 10.1. The maximum atomic E-state index is 14.8. The summed E-state index contributed by atoms with van der Waals surface area (Å²) in [5.74, 6) is -2.38. The summed E-state index contributed by atoms with van der Waals surface area (Å²) in [6, 6.07) is 11.6. The molecule has 1 saturated heterocycles. The van der Waals surface area contributed by atoms with Crippen LogP contribution in [0.2, 0.25) is 5.02 Å². The van der Waals surface area contributed by atoms with E-state index in [1.54, 1.807) is 27.7 Å². The number of rotatable bonds is 10. The summed E-state index contributed by atoms with van der Waals surface area (Å²) in [7, 11) is -4.02. The number of benzene rings is 2. The number of fused-ring (bicyclic) bond motifs is 3. The van der Waals surface area contributed by atoms with Crippen LogP contribution in [0.3, 0.4) is 0 Å². The lowest BCUT2D eigenvalue weighted by Gasteiger charge is -2.30. The molecule has 4 aromatic rings. The molecule has 18 heteroatoms. The van der Waals surface area contributed by atoms with E-state index in [1.165, 1.54) is 16.2 Å². The van der Waals surface area contributed by atoms with Crippen molar-refractivity contribution in [3.63, 3.8) is 0 Å². The molecule has 0 unspecified atom stereocenters. The van der Waals surface area contributed by atoms with Crippen molar-refractivity contribution in [2.24, 2.45) is 5.92 Å². The summed E-state index contributed by atoms with van der Waals surface area (Å²) < 4.78 is 42.1. The number of amides is 4. The van der Waals surface area contributed by atoms with Gasteiger partial charge in [-0.25, -0.2) is 18.2 Å². The molecule has 15 nitrogen and oxygen atoms in total. The summed E-state index contributed by atoms with van der Waals surface area (Å²) in [5.41, 5.74) is 1.97. The smallest absolute Gasteiger partial charge is 0.408 e. The van der Waals surface area contributed by atoms with E-state index in [0.717, 1.165) is 40.2 Å². The zero-order valence-corrected chi connectivity index (χ0v) is 40.1. The zero-order chi connectivity index (χ0) is 46.5. The number of ether oxygens (including phenoxy) is 2. The molecule has 65 heavy (non-hydrogen) atoms. The van der Waals surface area contributed by atoms with E-state index >= 15 is 0 Å². The van der Waals surface area contributed by atoms with E-state index in [1.807, 2.05) is 78.4 Å². The molecule has 4 amide bonds. The Balaban J connectivity index is 1.11. The van der Waals surface area contributed by atoms with Gasteiger partial charge in [0.25, 0.3) is 11.9 Å². The van der Waals surface area contributed by atoms with Gasteiger partial charge in [0.1, 0.15) is 39.9 Å². The van der Waals surface area contributed by atoms with Crippen LogP contribution in [0.1, 0.15) is 117 Å². The normalized spacial score (nSPS) is 25.1. The number of alkyl carbamates (subject to hydrolysis) is 1. The average molecular weight is 949 g/mol. The standard InChI is InChI=1S/C47H58ClN7O8S2/c1-28(2)55-36-16-12-14-34(40-49-32(27-64-40)23-29-17-19-31(48)20-18-29)38(36)51-43(55)62-33-24-37-39(56)52-47(42(58)53-65(60,61)46(6)21-22-46)25-30(47)13-10-8-7-9-11-15-35(41(57)54(37)26-33)50-44(59)63-45(3,4)5/h10,12-14,16-20,27-28,30,33,35,37H,7-9,11,15,21-26H2,1-6H3,(H,50,59)(H,52,56)(H,53,58)/b13-10-/t30-,33-,35+,37+,47-/m1/s1. The number of halogens is 1. The first kappa shape index (κ1) is 46.5. The molecule has 3 N–H and O–H groups in total. The van der Waals surface area contributed by atoms with Crippen molar-refractivity contribution in [1.29, 1.82) is 0 Å². The maximum absolute atomic E-state index is 14.8. The number of carbonyl (C=O) groups is 4. The van der Waals surface area contributed by atoms with Gasteiger partial charge in [0.15, 0.2) is 0 Å². The number of carbonyl (C=O) groups excluding carboxylic acids is 4. The highest BCUT2D eigenvalue weighted by atomic mass is 35.5. The fourth-order valence-corrected chi connectivity index (χ4v) is 11.0. The summed E-state index contributed by atoms with van der Waals surface area (Å²) >= 11 is 7.64. The van der Waals surface area contributed by atoms with Gasteiger partial charge in [0.05, 0.1) is 22.5 Å². The van der Waals surface area contributed by atoms with Gasteiger partial charge in [-0.2, -0.15) is 4.98 Å². The number of imidazole rings is 1. The maximum Gasteiger partial charge on any atom is 0.408 e. The molecule has 8 rings (SSSR count). The first-order valence-corrected chi connectivity index (χ1v) is 25.2. The number of sulfonamides is 1. The molecule has 5 atom stereocenters. The zero-order valence-electron chi connectivity index (χ0n) is 37.7. The van der Waals surface area contributed by atoms with Gasteiger partial charge in [0, 0.05) is 40.8 Å². The van der Waals surface area contributed by atoms with Crippen molar-refractivity contribution in [2.45, 2.75) is 146 Å². The van der Waals surface area contributed by atoms with Crippen molar-refractivity contribution < 1.29 is 37.1 Å². The number of hydrogen-bond donors (Lipinski definition) is 3. The van der Waals surface area contributed by atoms with Gasteiger partial charge in [0.2, 0.25) is 21.8 Å². The molecule has 2 aliphatic carbocycles. The lowest BCUT2D eigenvalue weighted by atomic mass is 10.0. The van der Waals surface area contributed by atoms with Crippen LogP contribution in [0.25, 0.3) is 21.6 Å². The summed E-state index contributed by atoms with van der Waals surface area (Å²) in [4.78, 5) is 68.1.